The number of hydrogen-bond acceptors (Lipinski definition) is 7. The Morgan fingerprint density at radius 1 is 1.14 bits per heavy atom. The topological polar surface area (TPSA) is 118 Å². The first-order chi connectivity index (χ1) is 16.4. The van der Waals surface area contributed by atoms with E-state index >= 15 is 0 Å². The minimum Gasteiger partial charge on any atom is -0.456 e. The van der Waals surface area contributed by atoms with Gasteiger partial charge in [0.25, 0.3) is 0 Å². The SMILES string of the molecule is CN(C)C(=O)CC(c1ccc(B(O)O)cn1)n1cc(-c2ccc(C(=O)OC(C)(C)C)c(F)c2)cn1. The number of amides is 1. The highest BCUT2D eigenvalue weighted by atomic mass is 19.1. The van der Waals surface area contributed by atoms with Gasteiger partial charge >= 0.3 is 13.1 Å². The van der Waals surface area contributed by atoms with Crippen LogP contribution in [0.5, 0.6) is 0 Å². The molecule has 1 atom stereocenters. The van der Waals surface area contributed by atoms with Crippen molar-refractivity contribution < 1.29 is 28.8 Å². The van der Waals surface area contributed by atoms with Crippen LogP contribution in [-0.2, 0) is 9.53 Å². The number of rotatable bonds is 7. The number of carbonyl (C=O) groups excluding carboxylic acids is 2. The van der Waals surface area contributed by atoms with Gasteiger partial charge in [0.2, 0.25) is 5.91 Å². The highest BCUT2D eigenvalue weighted by Crippen LogP contribution is 2.26. The van der Waals surface area contributed by atoms with E-state index in [1.54, 1.807) is 57.9 Å². The van der Waals surface area contributed by atoms with Crippen molar-refractivity contribution >= 4 is 24.5 Å². The molecule has 2 heterocycles. The molecule has 0 aliphatic rings. The molecule has 0 fully saturated rings. The second kappa shape index (κ2) is 10.4. The van der Waals surface area contributed by atoms with Gasteiger partial charge in [-0.2, -0.15) is 5.10 Å². The van der Waals surface area contributed by atoms with E-state index in [1.165, 1.54) is 35.5 Å². The third-order valence-corrected chi connectivity index (χ3v) is 5.16. The molecule has 2 aromatic heterocycles. The molecular weight excluding hydrogens is 454 g/mol. The summed E-state index contributed by atoms with van der Waals surface area (Å²) in [5, 5.41) is 23.0. The van der Waals surface area contributed by atoms with Crippen LogP contribution in [0.2, 0.25) is 0 Å². The molecule has 184 valence electrons. The zero-order valence-electron chi connectivity index (χ0n) is 20.3. The van der Waals surface area contributed by atoms with E-state index in [9.17, 15) is 24.0 Å². The predicted octanol–water partition coefficient (Wildman–Crippen LogP) is 1.79. The third kappa shape index (κ3) is 6.52. The summed E-state index contributed by atoms with van der Waals surface area (Å²) in [6.45, 7) is 5.12. The van der Waals surface area contributed by atoms with E-state index in [0.717, 1.165) is 0 Å². The molecule has 0 spiro atoms. The Balaban J connectivity index is 1.92. The van der Waals surface area contributed by atoms with Gasteiger partial charge in [-0.1, -0.05) is 12.1 Å². The molecule has 1 amide bonds. The summed E-state index contributed by atoms with van der Waals surface area (Å²) < 4.78 is 21.5. The van der Waals surface area contributed by atoms with Crippen LogP contribution in [0.3, 0.4) is 0 Å². The quantitative estimate of drug-likeness (QED) is 0.390. The summed E-state index contributed by atoms with van der Waals surface area (Å²) >= 11 is 0. The zero-order valence-corrected chi connectivity index (χ0v) is 20.3. The first-order valence-electron chi connectivity index (χ1n) is 11.0. The van der Waals surface area contributed by atoms with Crippen LogP contribution < -0.4 is 5.46 Å². The number of benzene rings is 1. The number of halogens is 1. The Bertz CT molecular complexity index is 1210. The van der Waals surface area contributed by atoms with Crippen LogP contribution in [0.15, 0.2) is 48.9 Å². The minimum absolute atomic E-state index is 0.0497. The minimum atomic E-state index is -1.66. The van der Waals surface area contributed by atoms with E-state index in [1.807, 2.05) is 0 Å². The van der Waals surface area contributed by atoms with Gasteiger partial charge in [0, 0.05) is 37.5 Å². The number of hydrogen-bond donors (Lipinski definition) is 2. The Hall–Kier alpha value is -3.57. The Labute approximate surface area is 203 Å². The molecule has 3 rings (SSSR count). The largest absolute Gasteiger partial charge is 0.490 e. The van der Waals surface area contributed by atoms with Crippen molar-refractivity contribution in [1.82, 2.24) is 19.7 Å². The van der Waals surface area contributed by atoms with Crippen LogP contribution in [0.1, 0.15) is 49.3 Å². The molecule has 3 aromatic rings. The standard InChI is InChI=1S/C24H28BFN4O5/c1-24(2,3)35-23(32)18-8-6-15(10-19(18)26)16-12-28-30(14-16)21(11-22(31)29(4)5)20-9-7-17(13-27-20)25(33)34/h6-10,12-14,21,33-34H,11H2,1-5H3. The van der Waals surface area contributed by atoms with Crippen molar-refractivity contribution in [2.75, 3.05) is 14.1 Å². The average Bonchev–Trinajstić information content (AvgIpc) is 3.26. The van der Waals surface area contributed by atoms with Crippen LogP contribution >= 0.6 is 0 Å². The van der Waals surface area contributed by atoms with E-state index in [-0.39, 0.29) is 23.4 Å². The first-order valence-corrected chi connectivity index (χ1v) is 11.0. The summed E-state index contributed by atoms with van der Waals surface area (Å²) in [7, 11) is 1.62. The summed E-state index contributed by atoms with van der Waals surface area (Å²) in [5.74, 6) is -1.63. The summed E-state index contributed by atoms with van der Waals surface area (Å²) in [6.07, 6.45) is 4.56. The summed E-state index contributed by atoms with van der Waals surface area (Å²) in [6, 6.07) is 6.71. The van der Waals surface area contributed by atoms with E-state index in [2.05, 4.69) is 10.1 Å². The monoisotopic (exact) mass is 482 g/mol. The highest BCUT2D eigenvalue weighted by molar-refractivity contribution is 6.58. The zero-order chi connectivity index (χ0) is 25.9. The number of nitrogens with zero attached hydrogens (tertiary/aromatic N) is 4. The normalized spacial score (nSPS) is 12.2. The highest BCUT2D eigenvalue weighted by Gasteiger charge is 2.24. The van der Waals surface area contributed by atoms with Crippen molar-refractivity contribution in [3.05, 3.63) is 66.0 Å². The predicted molar refractivity (Wildman–Crippen MR) is 128 cm³/mol. The fourth-order valence-electron chi connectivity index (χ4n) is 3.30. The maximum absolute atomic E-state index is 14.7. The van der Waals surface area contributed by atoms with E-state index in [4.69, 9.17) is 4.74 Å². The number of esters is 1. The Morgan fingerprint density at radius 3 is 2.40 bits per heavy atom. The van der Waals surface area contributed by atoms with Gasteiger partial charge in [0.1, 0.15) is 17.5 Å². The van der Waals surface area contributed by atoms with Crippen molar-refractivity contribution in [1.29, 1.82) is 0 Å². The molecule has 1 unspecified atom stereocenters. The fourth-order valence-corrected chi connectivity index (χ4v) is 3.30. The van der Waals surface area contributed by atoms with Gasteiger partial charge in [0.05, 0.1) is 23.9 Å². The van der Waals surface area contributed by atoms with Crippen molar-refractivity contribution in [2.45, 2.75) is 38.8 Å². The molecule has 9 nitrogen and oxygen atoms in total. The molecule has 11 heteroatoms. The second-order valence-corrected chi connectivity index (χ2v) is 9.30. The lowest BCUT2D eigenvalue weighted by Crippen LogP contribution is -2.31. The molecular formula is C24H28BFN4O5. The van der Waals surface area contributed by atoms with Crippen LogP contribution in [0.25, 0.3) is 11.1 Å². The molecule has 0 aliphatic carbocycles. The average molecular weight is 482 g/mol. The smallest absolute Gasteiger partial charge is 0.456 e. The van der Waals surface area contributed by atoms with E-state index in [0.29, 0.717) is 16.8 Å². The van der Waals surface area contributed by atoms with Crippen molar-refractivity contribution in [3.63, 3.8) is 0 Å². The molecule has 35 heavy (non-hydrogen) atoms. The second-order valence-electron chi connectivity index (χ2n) is 9.30. The van der Waals surface area contributed by atoms with Gasteiger partial charge in [-0.25, -0.2) is 9.18 Å². The summed E-state index contributed by atoms with van der Waals surface area (Å²) in [4.78, 5) is 30.5. The van der Waals surface area contributed by atoms with Gasteiger partial charge in [-0.3, -0.25) is 14.5 Å². The number of pyridine rings is 1. The van der Waals surface area contributed by atoms with Gasteiger partial charge in [0.15, 0.2) is 0 Å². The lowest BCUT2D eigenvalue weighted by atomic mass is 9.81. The van der Waals surface area contributed by atoms with Crippen LogP contribution in [0, 0.1) is 5.82 Å². The molecule has 0 bridgehead atoms. The molecule has 0 saturated heterocycles. The lowest BCUT2D eigenvalue weighted by molar-refractivity contribution is -0.129. The number of ether oxygens (including phenoxy) is 1. The maximum atomic E-state index is 14.7. The maximum Gasteiger partial charge on any atom is 0.490 e. The van der Waals surface area contributed by atoms with Crippen molar-refractivity contribution in [3.8, 4) is 11.1 Å². The molecule has 0 radical (unpaired) electrons. The molecule has 2 N–H and O–H groups in total. The third-order valence-electron chi connectivity index (χ3n) is 5.16. The van der Waals surface area contributed by atoms with Crippen molar-refractivity contribution in [2.24, 2.45) is 0 Å². The van der Waals surface area contributed by atoms with Crippen LogP contribution in [-0.4, -0.2) is 68.4 Å². The van der Waals surface area contributed by atoms with Gasteiger partial charge in [-0.15, -0.1) is 0 Å². The number of carbonyl (C=O) groups is 2. The van der Waals surface area contributed by atoms with Crippen LogP contribution in [0.4, 0.5) is 4.39 Å². The first kappa shape index (κ1) is 26.0. The molecule has 0 aliphatic heterocycles. The lowest BCUT2D eigenvalue weighted by Gasteiger charge is -2.20. The molecule has 0 saturated carbocycles. The molecule has 1 aromatic carbocycles. The Kier molecular flexibility index (Phi) is 7.71. The fraction of sp³-hybridized carbons (Fsp3) is 0.333. The number of aromatic nitrogens is 3. The van der Waals surface area contributed by atoms with E-state index < -0.39 is 30.5 Å². The Morgan fingerprint density at radius 2 is 1.86 bits per heavy atom. The van der Waals surface area contributed by atoms with Gasteiger partial charge < -0.3 is 19.7 Å². The van der Waals surface area contributed by atoms with Gasteiger partial charge in [-0.05, 0) is 44.5 Å². The summed E-state index contributed by atoms with van der Waals surface area (Å²) in [5.41, 5.74) is 0.860.